The van der Waals surface area contributed by atoms with Crippen LogP contribution in [0.2, 0.25) is 0 Å². The normalized spacial score (nSPS) is 14.3. The Hall–Kier alpha value is -0.760. The number of quaternary nitrogens is 1. The number of allylic oxidation sites excluding steroid dienone is 2. The molecule has 0 aromatic heterocycles. The van der Waals surface area contributed by atoms with Crippen LogP contribution in [0, 0.1) is 0 Å². The van der Waals surface area contributed by atoms with E-state index in [4.69, 9.17) is 9.05 Å². The molecule has 9 heteroatoms. The number of carbonyl (C=O) groups is 1. The van der Waals surface area contributed by atoms with Crippen LogP contribution in [0.4, 0.5) is 0 Å². The Bertz CT molecular complexity index is 942. The Morgan fingerprint density at radius 1 is 0.579 bits per heavy atom. The van der Waals surface area contributed by atoms with Crippen molar-refractivity contribution >= 4 is 13.7 Å². The zero-order valence-electron chi connectivity index (χ0n) is 38.6. The second kappa shape index (κ2) is 40.6. The van der Waals surface area contributed by atoms with Crippen molar-refractivity contribution in [2.24, 2.45) is 0 Å². The quantitative estimate of drug-likeness (QED) is 0.0244. The Morgan fingerprint density at radius 2 is 0.947 bits per heavy atom. The van der Waals surface area contributed by atoms with Gasteiger partial charge in [-0.15, -0.1) is 0 Å². The molecule has 0 aromatic rings. The minimum absolute atomic E-state index is 0.0759. The first-order valence-electron chi connectivity index (χ1n) is 24.6. The Balaban J connectivity index is 4.28. The Morgan fingerprint density at radius 3 is 1.35 bits per heavy atom. The van der Waals surface area contributed by atoms with Crippen molar-refractivity contribution in [2.45, 2.75) is 251 Å². The number of unbranched alkanes of at least 4 members (excludes halogenated alkanes) is 30. The molecule has 0 spiro atoms. The van der Waals surface area contributed by atoms with Gasteiger partial charge in [-0.2, -0.15) is 0 Å². The van der Waals surface area contributed by atoms with Gasteiger partial charge in [0.25, 0.3) is 0 Å². The molecule has 0 saturated heterocycles. The second-order valence-electron chi connectivity index (χ2n) is 18.2. The number of amides is 1. The third-order valence-electron chi connectivity index (χ3n) is 11.3. The van der Waals surface area contributed by atoms with Gasteiger partial charge in [0.1, 0.15) is 13.2 Å². The van der Waals surface area contributed by atoms with Gasteiger partial charge >= 0.3 is 7.82 Å². The number of phosphoric acid groups is 1. The average Bonchev–Trinajstić information content (AvgIpc) is 3.16. The van der Waals surface area contributed by atoms with Crippen LogP contribution >= 0.6 is 7.82 Å². The number of nitrogens with zero attached hydrogens (tertiary/aromatic N) is 1. The van der Waals surface area contributed by atoms with Gasteiger partial charge in [0.2, 0.25) is 5.91 Å². The molecule has 0 aliphatic carbocycles. The van der Waals surface area contributed by atoms with E-state index in [0.29, 0.717) is 23.9 Å². The molecular weight excluding hydrogens is 732 g/mol. The highest BCUT2D eigenvalue weighted by Crippen LogP contribution is 2.43. The number of carbonyl (C=O) groups excluding carboxylic acids is 1. The molecule has 340 valence electrons. The van der Waals surface area contributed by atoms with Crippen molar-refractivity contribution in [1.29, 1.82) is 0 Å². The van der Waals surface area contributed by atoms with E-state index in [1.54, 1.807) is 0 Å². The smallest absolute Gasteiger partial charge is 0.391 e. The number of aliphatic hydroxyl groups is 1. The first-order chi connectivity index (χ1) is 27.5. The first-order valence-corrected chi connectivity index (χ1v) is 26.0. The van der Waals surface area contributed by atoms with E-state index in [-0.39, 0.29) is 19.1 Å². The van der Waals surface area contributed by atoms with Gasteiger partial charge in [0.05, 0.1) is 39.9 Å². The fourth-order valence-corrected chi connectivity index (χ4v) is 8.07. The third-order valence-corrected chi connectivity index (χ3v) is 12.2. The lowest BCUT2D eigenvalue weighted by Crippen LogP contribution is -2.46. The van der Waals surface area contributed by atoms with Crippen molar-refractivity contribution in [1.82, 2.24) is 5.32 Å². The Kier molecular flexibility index (Phi) is 40.1. The minimum Gasteiger partial charge on any atom is -0.391 e. The number of phosphoric ester groups is 1. The van der Waals surface area contributed by atoms with E-state index in [1.807, 2.05) is 21.1 Å². The molecule has 0 heterocycles. The molecule has 3 unspecified atom stereocenters. The third kappa shape index (κ3) is 43.1. The SMILES string of the molecule is CCCCCCCCCC/C=C\CCCCCCCCCC(=O)NC(COP(=O)(O)OCC[N+](C)(C)C)C(O)CCCCCCCCCCCCCCCCCC. The van der Waals surface area contributed by atoms with E-state index in [2.05, 4.69) is 31.3 Å². The highest BCUT2D eigenvalue weighted by Gasteiger charge is 2.28. The van der Waals surface area contributed by atoms with Crippen molar-refractivity contribution in [3.8, 4) is 0 Å². The topological polar surface area (TPSA) is 105 Å². The molecule has 0 rings (SSSR count). The summed E-state index contributed by atoms with van der Waals surface area (Å²) < 4.78 is 23.7. The summed E-state index contributed by atoms with van der Waals surface area (Å²) in [6.45, 7) is 4.91. The number of nitrogens with one attached hydrogen (secondary N) is 1. The number of hydrogen-bond donors (Lipinski definition) is 3. The van der Waals surface area contributed by atoms with Gasteiger partial charge in [0, 0.05) is 6.42 Å². The largest absolute Gasteiger partial charge is 0.472 e. The van der Waals surface area contributed by atoms with Crippen molar-refractivity contribution in [3.05, 3.63) is 12.2 Å². The maximum Gasteiger partial charge on any atom is 0.472 e. The van der Waals surface area contributed by atoms with Crippen molar-refractivity contribution < 1.29 is 32.9 Å². The Labute approximate surface area is 354 Å². The van der Waals surface area contributed by atoms with Crippen LogP contribution in [-0.4, -0.2) is 73.4 Å². The summed E-state index contributed by atoms with van der Waals surface area (Å²) in [7, 11) is 1.62. The molecule has 8 nitrogen and oxygen atoms in total. The van der Waals surface area contributed by atoms with Gasteiger partial charge in [-0.25, -0.2) is 4.57 Å². The van der Waals surface area contributed by atoms with Crippen LogP contribution in [0.15, 0.2) is 12.2 Å². The zero-order valence-corrected chi connectivity index (χ0v) is 39.5. The predicted molar refractivity (Wildman–Crippen MR) is 245 cm³/mol. The van der Waals surface area contributed by atoms with Crippen LogP contribution in [0.25, 0.3) is 0 Å². The summed E-state index contributed by atoms with van der Waals surface area (Å²) >= 11 is 0. The van der Waals surface area contributed by atoms with Gasteiger partial charge in [-0.1, -0.05) is 206 Å². The lowest BCUT2D eigenvalue weighted by molar-refractivity contribution is -0.870. The maximum atomic E-state index is 12.9. The maximum absolute atomic E-state index is 12.9. The second-order valence-corrected chi connectivity index (χ2v) is 19.6. The van der Waals surface area contributed by atoms with E-state index in [1.165, 1.54) is 173 Å². The monoisotopic (exact) mass is 830 g/mol. The lowest BCUT2D eigenvalue weighted by atomic mass is 10.0. The predicted octanol–water partition coefficient (Wildman–Crippen LogP) is 13.9. The summed E-state index contributed by atoms with van der Waals surface area (Å²) in [4.78, 5) is 23.2. The highest BCUT2D eigenvalue weighted by molar-refractivity contribution is 7.47. The molecule has 0 bridgehead atoms. The standard InChI is InChI=1S/C48H97N2O6P/c1-6-8-10-12-14-16-18-20-22-24-25-26-28-30-32-34-36-38-40-42-48(52)49-46(45-56-57(53,54)55-44-43-50(3,4)5)47(51)41-39-37-35-33-31-29-27-23-21-19-17-15-13-11-9-7-2/h24-25,46-47,51H,6-23,26-45H2,1-5H3,(H-,49,52,53,54)/p+1/b25-24-. The van der Waals surface area contributed by atoms with Crippen molar-refractivity contribution in [2.75, 3.05) is 40.9 Å². The summed E-state index contributed by atoms with van der Waals surface area (Å²) in [5, 5.41) is 14.0. The molecule has 0 saturated carbocycles. The van der Waals surface area contributed by atoms with Crippen LogP contribution in [-0.2, 0) is 18.4 Å². The fraction of sp³-hybridized carbons (Fsp3) is 0.938. The molecule has 57 heavy (non-hydrogen) atoms. The molecule has 0 fully saturated rings. The molecule has 3 N–H and O–H groups in total. The number of aliphatic hydroxyl groups excluding tert-OH is 1. The summed E-state index contributed by atoms with van der Waals surface area (Å²) in [5.41, 5.74) is 0. The van der Waals surface area contributed by atoms with Crippen LogP contribution in [0.5, 0.6) is 0 Å². The van der Waals surface area contributed by atoms with E-state index < -0.39 is 20.0 Å². The first kappa shape index (κ1) is 56.2. The van der Waals surface area contributed by atoms with Crippen LogP contribution in [0.3, 0.4) is 0 Å². The van der Waals surface area contributed by atoms with Crippen LogP contribution < -0.4 is 5.32 Å². The molecule has 3 atom stereocenters. The van der Waals surface area contributed by atoms with E-state index in [0.717, 1.165) is 38.5 Å². The summed E-state index contributed by atoms with van der Waals surface area (Å²) in [5.74, 6) is -0.146. The van der Waals surface area contributed by atoms with Gasteiger partial charge in [-0.05, 0) is 38.5 Å². The van der Waals surface area contributed by atoms with Gasteiger partial charge in [-0.3, -0.25) is 13.8 Å². The number of hydrogen-bond acceptors (Lipinski definition) is 5. The molecule has 0 aliphatic rings. The minimum atomic E-state index is -4.31. The molecule has 0 aromatic carbocycles. The lowest BCUT2D eigenvalue weighted by Gasteiger charge is -2.26. The number of likely N-dealkylation sites (N-methyl/N-ethyl adjacent to an activating group) is 1. The molecular formula is C48H98N2O6P+. The van der Waals surface area contributed by atoms with Gasteiger partial charge in [0.15, 0.2) is 0 Å². The van der Waals surface area contributed by atoms with E-state index >= 15 is 0 Å². The molecule has 0 aliphatic heterocycles. The zero-order chi connectivity index (χ0) is 42.1. The van der Waals surface area contributed by atoms with E-state index in [9.17, 15) is 19.4 Å². The molecule has 0 radical (unpaired) electrons. The highest BCUT2D eigenvalue weighted by atomic mass is 31.2. The number of rotatable bonds is 45. The summed E-state index contributed by atoms with van der Waals surface area (Å²) in [6, 6.07) is -0.759. The fourth-order valence-electron chi connectivity index (χ4n) is 7.34. The van der Waals surface area contributed by atoms with Crippen molar-refractivity contribution in [3.63, 3.8) is 0 Å². The average molecular weight is 830 g/mol. The summed E-state index contributed by atoms with van der Waals surface area (Å²) in [6.07, 6.45) is 46.6. The van der Waals surface area contributed by atoms with Crippen LogP contribution in [0.1, 0.15) is 239 Å². The molecule has 1 amide bonds. The van der Waals surface area contributed by atoms with Gasteiger partial charge < -0.3 is 19.8 Å².